The highest BCUT2D eigenvalue weighted by molar-refractivity contribution is 5.94. The third kappa shape index (κ3) is 5.78. The Kier molecular flexibility index (Phi) is 6.97. The Bertz CT molecular complexity index is 1050. The van der Waals surface area contributed by atoms with E-state index in [4.69, 9.17) is 4.74 Å². The zero-order chi connectivity index (χ0) is 24.3. The molecule has 34 heavy (non-hydrogen) atoms. The lowest BCUT2D eigenvalue weighted by Gasteiger charge is -2.46. The van der Waals surface area contributed by atoms with Crippen molar-refractivity contribution in [1.29, 1.82) is 5.26 Å². The molecule has 1 amide bonds. The molecule has 2 saturated heterocycles. The summed E-state index contributed by atoms with van der Waals surface area (Å²) in [5, 5.41) is 20.1. The van der Waals surface area contributed by atoms with E-state index < -0.39 is 0 Å². The van der Waals surface area contributed by atoms with E-state index in [-0.39, 0.29) is 23.0 Å². The van der Waals surface area contributed by atoms with Crippen molar-refractivity contribution in [3.05, 3.63) is 59.2 Å². The molecular formula is C28H36N4O2. The molecule has 0 aromatic heterocycles. The standard InChI is InChI=1S/C28H36N4O2/c1-27(2)16-21(17-28(3,4)32-27)31-26(33)20-8-10-22(11-9-20)34-25-7-5-6-23(24(25)18-29)19-12-14-30-15-13-19/h5-11,19,21,30,32H,12-17H2,1-4H3,(H,31,33). The van der Waals surface area contributed by atoms with Gasteiger partial charge in [-0.3, -0.25) is 4.79 Å². The van der Waals surface area contributed by atoms with Crippen LogP contribution < -0.4 is 20.7 Å². The minimum atomic E-state index is -0.0735. The molecule has 2 heterocycles. The maximum Gasteiger partial charge on any atom is 0.251 e. The summed E-state index contributed by atoms with van der Waals surface area (Å²) in [6, 6.07) is 15.5. The van der Waals surface area contributed by atoms with Crippen LogP contribution in [0, 0.1) is 11.3 Å². The van der Waals surface area contributed by atoms with E-state index in [1.54, 1.807) is 24.3 Å². The van der Waals surface area contributed by atoms with Crippen LogP contribution in [0.5, 0.6) is 11.5 Å². The predicted octanol–water partition coefficient (Wildman–Crippen LogP) is 4.86. The van der Waals surface area contributed by atoms with Crippen LogP contribution in [0.1, 0.15) is 80.8 Å². The molecule has 6 nitrogen and oxygen atoms in total. The SMILES string of the molecule is CC1(C)CC(NC(=O)c2ccc(Oc3cccc(C4CCNCC4)c3C#N)cc2)CC(C)(C)N1. The summed E-state index contributed by atoms with van der Waals surface area (Å²) in [4.78, 5) is 12.9. The number of carbonyl (C=O) groups is 1. The van der Waals surface area contributed by atoms with Crippen LogP contribution in [0.15, 0.2) is 42.5 Å². The topological polar surface area (TPSA) is 86.2 Å². The molecule has 2 aliphatic heterocycles. The number of nitrogens with one attached hydrogen (secondary N) is 3. The largest absolute Gasteiger partial charge is 0.456 e. The fraction of sp³-hybridized carbons (Fsp3) is 0.500. The summed E-state index contributed by atoms with van der Waals surface area (Å²) < 4.78 is 6.09. The predicted molar refractivity (Wildman–Crippen MR) is 134 cm³/mol. The summed E-state index contributed by atoms with van der Waals surface area (Å²) >= 11 is 0. The lowest BCUT2D eigenvalue weighted by molar-refractivity contribution is 0.0873. The highest BCUT2D eigenvalue weighted by Gasteiger charge is 2.38. The van der Waals surface area contributed by atoms with Crippen molar-refractivity contribution < 1.29 is 9.53 Å². The Hall–Kier alpha value is -2.88. The monoisotopic (exact) mass is 460 g/mol. The maximum absolute atomic E-state index is 12.9. The van der Waals surface area contributed by atoms with Crippen LogP contribution >= 0.6 is 0 Å². The van der Waals surface area contributed by atoms with Crippen molar-refractivity contribution in [3.63, 3.8) is 0 Å². The average molecular weight is 461 g/mol. The van der Waals surface area contributed by atoms with Gasteiger partial charge in [0.15, 0.2) is 0 Å². The lowest BCUT2D eigenvalue weighted by atomic mass is 9.79. The maximum atomic E-state index is 12.9. The van der Waals surface area contributed by atoms with Gasteiger partial charge in [0.2, 0.25) is 0 Å². The second kappa shape index (κ2) is 9.77. The van der Waals surface area contributed by atoms with Crippen LogP contribution in [0.25, 0.3) is 0 Å². The molecule has 6 heteroatoms. The molecule has 2 aromatic carbocycles. The van der Waals surface area contributed by atoms with Crippen LogP contribution in [0.3, 0.4) is 0 Å². The Morgan fingerprint density at radius 1 is 1.03 bits per heavy atom. The van der Waals surface area contributed by atoms with E-state index in [1.165, 1.54) is 0 Å². The molecule has 3 N–H and O–H groups in total. The van der Waals surface area contributed by atoms with Crippen molar-refractivity contribution in [3.8, 4) is 17.6 Å². The molecule has 2 aromatic rings. The Labute approximate surface area is 203 Å². The smallest absolute Gasteiger partial charge is 0.251 e. The zero-order valence-corrected chi connectivity index (χ0v) is 20.7. The van der Waals surface area contributed by atoms with E-state index in [0.717, 1.165) is 44.3 Å². The number of hydrogen-bond donors (Lipinski definition) is 3. The van der Waals surface area contributed by atoms with Gasteiger partial charge in [0.1, 0.15) is 17.6 Å². The van der Waals surface area contributed by atoms with Gasteiger partial charge in [-0.15, -0.1) is 0 Å². The summed E-state index contributed by atoms with van der Waals surface area (Å²) in [6.07, 6.45) is 3.81. The Morgan fingerprint density at radius 2 is 1.68 bits per heavy atom. The normalized spacial score (nSPS) is 20.3. The summed E-state index contributed by atoms with van der Waals surface area (Å²) in [7, 11) is 0. The van der Waals surface area contributed by atoms with E-state index in [9.17, 15) is 10.1 Å². The number of piperidine rings is 2. The second-order valence-electron chi connectivity index (χ2n) is 11.0. The third-order valence-corrected chi connectivity index (χ3v) is 6.82. The lowest BCUT2D eigenvalue weighted by Crippen LogP contribution is -2.62. The average Bonchev–Trinajstić information content (AvgIpc) is 2.78. The number of nitriles is 1. The van der Waals surface area contributed by atoms with Crippen LogP contribution in [-0.4, -0.2) is 36.1 Å². The molecule has 0 unspecified atom stereocenters. The number of nitrogens with zero attached hydrogens (tertiary/aromatic N) is 1. The number of benzene rings is 2. The van der Waals surface area contributed by atoms with Gasteiger partial charge < -0.3 is 20.7 Å². The van der Waals surface area contributed by atoms with Gasteiger partial charge in [-0.05, 0) is 108 Å². The first-order valence-electron chi connectivity index (χ1n) is 12.3. The van der Waals surface area contributed by atoms with Gasteiger partial charge in [-0.1, -0.05) is 12.1 Å². The fourth-order valence-electron chi connectivity index (χ4n) is 5.72. The van der Waals surface area contributed by atoms with Crippen molar-refractivity contribution in [2.24, 2.45) is 0 Å². The zero-order valence-electron chi connectivity index (χ0n) is 20.7. The molecule has 180 valence electrons. The van der Waals surface area contributed by atoms with Gasteiger partial charge in [0.25, 0.3) is 5.91 Å². The van der Waals surface area contributed by atoms with Gasteiger partial charge in [0, 0.05) is 22.7 Å². The van der Waals surface area contributed by atoms with Crippen molar-refractivity contribution in [1.82, 2.24) is 16.0 Å². The number of hydrogen-bond acceptors (Lipinski definition) is 5. The molecule has 0 atom stereocenters. The van der Waals surface area contributed by atoms with Crippen molar-refractivity contribution >= 4 is 5.91 Å². The molecule has 2 fully saturated rings. The van der Waals surface area contributed by atoms with E-state index in [2.05, 4.69) is 49.7 Å². The third-order valence-electron chi connectivity index (χ3n) is 6.82. The van der Waals surface area contributed by atoms with Crippen molar-refractivity contribution in [2.45, 2.75) is 76.4 Å². The second-order valence-corrected chi connectivity index (χ2v) is 11.0. The van der Waals surface area contributed by atoms with Gasteiger partial charge in [0.05, 0.1) is 5.56 Å². The van der Waals surface area contributed by atoms with Crippen LogP contribution in [-0.2, 0) is 0 Å². The highest BCUT2D eigenvalue weighted by Crippen LogP contribution is 2.34. The minimum absolute atomic E-state index is 0.0292. The first-order valence-corrected chi connectivity index (χ1v) is 12.3. The number of carbonyl (C=O) groups excluding carboxylic acids is 1. The first kappa shape index (κ1) is 24.3. The molecule has 2 aliphatic rings. The molecule has 0 saturated carbocycles. The van der Waals surface area contributed by atoms with E-state index in [0.29, 0.717) is 28.5 Å². The molecule has 0 aliphatic carbocycles. The van der Waals surface area contributed by atoms with E-state index >= 15 is 0 Å². The van der Waals surface area contributed by atoms with E-state index in [1.807, 2.05) is 18.2 Å². The van der Waals surface area contributed by atoms with Crippen LogP contribution in [0.4, 0.5) is 0 Å². The van der Waals surface area contributed by atoms with Gasteiger partial charge in [-0.2, -0.15) is 5.26 Å². The van der Waals surface area contributed by atoms with Crippen molar-refractivity contribution in [2.75, 3.05) is 13.1 Å². The van der Waals surface area contributed by atoms with Crippen LogP contribution in [0.2, 0.25) is 0 Å². The Morgan fingerprint density at radius 3 is 2.29 bits per heavy atom. The summed E-state index contributed by atoms with van der Waals surface area (Å²) in [5.41, 5.74) is 2.21. The molecular weight excluding hydrogens is 424 g/mol. The molecule has 0 bridgehead atoms. The Balaban J connectivity index is 1.44. The molecule has 0 spiro atoms. The first-order chi connectivity index (χ1) is 16.2. The molecule has 4 rings (SSSR count). The highest BCUT2D eigenvalue weighted by atomic mass is 16.5. The number of ether oxygens (including phenoxy) is 1. The summed E-state index contributed by atoms with van der Waals surface area (Å²) in [6.45, 7) is 10.6. The number of rotatable bonds is 5. The minimum Gasteiger partial charge on any atom is -0.456 e. The van der Waals surface area contributed by atoms with Gasteiger partial charge in [-0.25, -0.2) is 0 Å². The van der Waals surface area contributed by atoms with Gasteiger partial charge >= 0.3 is 0 Å². The number of amides is 1. The fourth-order valence-corrected chi connectivity index (χ4v) is 5.72. The quantitative estimate of drug-likeness (QED) is 0.593. The molecule has 0 radical (unpaired) electrons. The summed E-state index contributed by atoms with van der Waals surface area (Å²) in [5.74, 6) is 1.47.